The molecule has 72 valence electrons. The number of halogens is 3. The standard InChI is InChI=1S/C10H11BrF2/c1-10(2,3)7-4-6(11)5-8(12)9(7)13/h4-5H,1-3H3. The van der Waals surface area contributed by atoms with Gasteiger partial charge in [0.15, 0.2) is 11.6 Å². The van der Waals surface area contributed by atoms with Gasteiger partial charge in [0.2, 0.25) is 0 Å². The molecule has 0 N–H and O–H groups in total. The summed E-state index contributed by atoms with van der Waals surface area (Å²) >= 11 is 3.13. The molecule has 0 amide bonds. The SMILES string of the molecule is CC(C)(C)c1cc(Br)cc(F)c1F. The third-order valence-electron chi connectivity index (χ3n) is 1.80. The lowest BCUT2D eigenvalue weighted by Gasteiger charge is -2.20. The lowest BCUT2D eigenvalue weighted by molar-refractivity contribution is 0.464. The minimum atomic E-state index is -0.806. The highest BCUT2D eigenvalue weighted by Gasteiger charge is 2.21. The van der Waals surface area contributed by atoms with Gasteiger partial charge in [0.25, 0.3) is 0 Å². The fourth-order valence-corrected chi connectivity index (χ4v) is 1.53. The first-order chi connectivity index (χ1) is 5.82. The van der Waals surface area contributed by atoms with E-state index >= 15 is 0 Å². The molecule has 0 nitrogen and oxygen atoms in total. The Morgan fingerprint density at radius 3 is 2.15 bits per heavy atom. The second kappa shape index (κ2) is 3.37. The van der Waals surface area contributed by atoms with Gasteiger partial charge >= 0.3 is 0 Å². The summed E-state index contributed by atoms with van der Waals surface area (Å²) in [6, 6.07) is 2.74. The normalized spacial score (nSPS) is 11.8. The maximum atomic E-state index is 13.3. The van der Waals surface area contributed by atoms with E-state index < -0.39 is 11.6 Å². The maximum Gasteiger partial charge on any atom is 0.162 e. The number of rotatable bonds is 0. The second-order valence-electron chi connectivity index (χ2n) is 4.00. The molecule has 0 unspecified atom stereocenters. The summed E-state index contributed by atoms with van der Waals surface area (Å²) in [5.74, 6) is -1.56. The monoisotopic (exact) mass is 248 g/mol. The summed E-state index contributed by atoms with van der Waals surface area (Å²) in [5.41, 5.74) is 0.00806. The molecule has 1 rings (SSSR count). The molecule has 0 aromatic heterocycles. The highest BCUT2D eigenvalue weighted by atomic mass is 79.9. The first-order valence-corrected chi connectivity index (χ1v) is 4.76. The van der Waals surface area contributed by atoms with E-state index in [1.165, 1.54) is 0 Å². The molecule has 3 heteroatoms. The lowest BCUT2D eigenvalue weighted by Crippen LogP contribution is -2.14. The van der Waals surface area contributed by atoms with Crippen LogP contribution in [0.3, 0.4) is 0 Å². The van der Waals surface area contributed by atoms with E-state index in [-0.39, 0.29) is 5.41 Å². The summed E-state index contributed by atoms with van der Waals surface area (Å²) in [6.07, 6.45) is 0. The molecule has 13 heavy (non-hydrogen) atoms. The predicted octanol–water partition coefficient (Wildman–Crippen LogP) is 4.02. The number of hydrogen-bond donors (Lipinski definition) is 0. The molecule has 0 spiro atoms. The minimum Gasteiger partial charge on any atom is -0.204 e. The predicted molar refractivity (Wildman–Crippen MR) is 52.8 cm³/mol. The lowest BCUT2D eigenvalue weighted by atomic mass is 9.86. The van der Waals surface area contributed by atoms with Crippen molar-refractivity contribution in [2.75, 3.05) is 0 Å². The van der Waals surface area contributed by atoms with Crippen molar-refractivity contribution in [3.05, 3.63) is 33.8 Å². The van der Waals surface area contributed by atoms with Crippen molar-refractivity contribution in [2.24, 2.45) is 0 Å². The molecule has 0 aliphatic carbocycles. The van der Waals surface area contributed by atoms with Crippen LogP contribution in [0.5, 0.6) is 0 Å². The molecule has 0 radical (unpaired) electrons. The summed E-state index contributed by atoms with van der Waals surface area (Å²) in [5, 5.41) is 0. The van der Waals surface area contributed by atoms with E-state index in [9.17, 15) is 8.78 Å². The largest absolute Gasteiger partial charge is 0.204 e. The van der Waals surface area contributed by atoms with Crippen LogP contribution in [-0.2, 0) is 5.41 Å². The smallest absolute Gasteiger partial charge is 0.162 e. The van der Waals surface area contributed by atoms with Crippen molar-refractivity contribution < 1.29 is 8.78 Å². The zero-order chi connectivity index (χ0) is 10.2. The summed E-state index contributed by atoms with van der Waals surface area (Å²) in [7, 11) is 0. The Kier molecular flexibility index (Phi) is 2.76. The fourth-order valence-electron chi connectivity index (χ4n) is 1.10. The summed E-state index contributed by atoms with van der Waals surface area (Å²) in [6.45, 7) is 5.53. The van der Waals surface area contributed by atoms with Crippen LogP contribution in [0.25, 0.3) is 0 Å². The van der Waals surface area contributed by atoms with Gasteiger partial charge in [-0.1, -0.05) is 36.7 Å². The van der Waals surface area contributed by atoms with Crippen molar-refractivity contribution in [3.63, 3.8) is 0 Å². The van der Waals surface area contributed by atoms with Gasteiger partial charge in [-0.2, -0.15) is 0 Å². The van der Waals surface area contributed by atoms with Crippen molar-refractivity contribution in [1.82, 2.24) is 0 Å². The van der Waals surface area contributed by atoms with Gasteiger partial charge in [0.05, 0.1) is 0 Å². The van der Waals surface area contributed by atoms with Crippen LogP contribution in [0.2, 0.25) is 0 Å². The fraction of sp³-hybridized carbons (Fsp3) is 0.400. The van der Waals surface area contributed by atoms with Crippen LogP contribution in [-0.4, -0.2) is 0 Å². The van der Waals surface area contributed by atoms with Crippen molar-refractivity contribution in [3.8, 4) is 0 Å². The first-order valence-electron chi connectivity index (χ1n) is 3.97. The molecule has 0 aliphatic heterocycles. The third kappa shape index (κ3) is 2.27. The molecule has 0 fully saturated rings. The van der Waals surface area contributed by atoms with Crippen molar-refractivity contribution in [1.29, 1.82) is 0 Å². The molecule has 0 aliphatic rings. The highest BCUT2D eigenvalue weighted by Crippen LogP contribution is 2.29. The van der Waals surface area contributed by atoms with Gasteiger partial charge in [-0.05, 0) is 23.1 Å². The zero-order valence-electron chi connectivity index (χ0n) is 7.79. The molecular formula is C10H11BrF2. The topological polar surface area (TPSA) is 0 Å². The Labute approximate surface area is 85.1 Å². The molecule has 0 saturated heterocycles. The van der Waals surface area contributed by atoms with Crippen LogP contribution in [0.1, 0.15) is 26.3 Å². The van der Waals surface area contributed by atoms with E-state index in [4.69, 9.17) is 0 Å². The Bertz CT molecular complexity index is 326. The quantitative estimate of drug-likeness (QED) is 0.609. The zero-order valence-corrected chi connectivity index (χ0v) is 9.37. The van der Waals surface area contributed by atoms with Gasteiger partial charge in [-0.15, -0.1) is 0 Å². The maximum absolute atomic E-state index is 13.3. The van der Waals surface area contributed by atoms with E-state index in [0.29, 0.717) is 10.0 Å². The molecule has 0 bridgehead atoms. The average molecular weight is 249 g/mol. The van der Waals surface area contributed by atoms with E-state index in [1.807, 2.05) is 20.8 Å². The molecule has 0 atom stereocenters. The highest BCUT2D eigenvalue weighted by molar-refractivity contribution is 9.10. The summed E-state index contributed by atoms with van der Waals surface area (Å²) < 4.78 is 26.8. The van der Waals surface area contributed by atoms with Gasteiger partial charge in [-0.3, -0.25) is 0 Å². The summed E-state index contributed by atoms with van der Waals surface area (Å²) in [4.78, 5) is 0. The van der Waals surface area contributed by atoms with E-state index in [2.05, 4.69) is 15.9 Å². The van der Waals surface area contributed by atoms with E-state index in [0.717, 1.165) is 6.07 Å². The van der Waals surface area contributed by atoms with Crippen LogP contribution in [0.15, 0.2) is 16.6 Å². The van der Waals surface area contributed by atoms with Crippen LogP contribution < -0.4 is 0 Å². The molecule has 1 aromatic rings. The van der Waals surface area contributed by atoms with Gasteiger partial charge in [0.1, 0.15) is 0 Å². The third-order valence-corrected chi connectivity index (χ3v) is 2.26. The second-order valence-corrected chi connectivity index (χ2v) is 4.91. The molecule has 0 heterocycles. The van der Waals surface area contributed by atoms with Crippen LogP contribution in [0.4, 0.5) is 8.78 Å². The first kappa shape index (κ1) is 10.6. The average Bonchev–Trinajstić information content (AvgIpc) is 1.94. The molecule has 0 saturated carbocycles. The minimum absolute atomic E-state index is 0.380. The number of benzene rings is 1. The Hall–Kier alpha value is -0.440. The Balaban J connectivity index is 3.37. The Morgan fingerprint density at radius 2 is 1.69 bits per heavy atom. The van der Waals surface area contributed by atoms with Gasteiger partial charge in [0, 0.05) is 4.47 Å². The van der Waals surface area contributed by atoms with Crippen LogP contribution in [0, 0.1) is 11.6 Å². The van der Waals surface area contributed by atoms with Gasteiger partial charge < -0.3 is 0 Å². The Morgan fingerprint density at radius 1 is 1.15 bits per heavy atom. The van der Waals surface area contributed by atoms with Gasteiger partial charge in [-0.25, -0.2) is 8.78 Å². The number of hydrogen-bond acceptors (Lipinski definition) is 0. The van der Waals surface area contributed by atoms with E-state index in [1.54, 1.807) is 6.07 Å². The van der Waals surface area contributed by atoms with Crippen molar-refractivity contribution >= 4 is 15.9 Å². The van der Waals surface area contributed by atoms with Crippen LogP contribution >= 0.6 is 15.9 Å². The van der Waals surface area contributed by atoms with Crippen molar-refractivity contribution in [2.45, 2.75) is 26.2 Å². The molecular weight excluding hydrogens is 238 g/mol. The molecule has 1 aromatic carbocycles.